The Morgan fingerprint density at radius 1 is 0.584 bits per heavy atom. The van der Waals surface area contributed by atoms with Crippen molar-refractivity contribution in [1.82, 2.24) is 63.1 Å². The molecule has 0 radical (unpaired) electrons. The second kappa shape index (κ2) is 38.9. The van der Waals surface area contributed by atoms with E-state index < -0.39 is 145 Å². The van der Waals surface area contributed by atoms with Crippen molar-refractivity contribution in [1.29, 1.82) is 0 Å². The minimum Gasteiger partial charge on any atom is -0.508 e. The summed E-state index contributed by atoms with van der Waals surface area (Å²) >= 11 is 2.95. The topological polar surface area (TPSA) is 467 Å². The number of H-pyrrole nitrogens is 1. The van der Waals surface area contributed by atoms with Crippen molar-refractivity contribution in [2.45, 2.75) is 153 Å². The van der Waals surface area contributed by atoms with Crippen molar-refractivity contribution < 1.29 is 72.9 Å². The number of carbonyl (C=O) groups is 12. The van der Waals surface area contributed by atoms with Gasteiger partial charge in [0.1, 0.15) is 48.0 Å². The molecule has 0 saturated carbocycles. The third-order valence-corrected chi connectivity index (χ3v) is 15.3. The van der Waals surface area contributed by atoms with Crippen LogP contribution in [-0.4, -0.2) is 182 Å². The number of imidazole rings is 1. The maximum atomic E-state index is 14.5. The number of nitrogens with one attached hydrogen (secondary N) is 11. The average molecular weight is 1280 g/mol. The predicted molar refractivity (Wildman–Crippen MR) is 331 cm³/mol. The van der Waals surface area contributed by atoms with Crippen LogP contribution in [0.5, 0.6) is 5.75 Å². The van der Waals surface area contributed by atoms with Gasteiger partial charge in [0.15, 0.2) is 0 Å². The van der Waals surface area contributed by atoms with Gasteiger partial charge in [-0.1, -0.05) is 77.4 Å². The van der Waals surface area contributed by atoms with Crippen molar-refractivity contribution in [3.8, 4) is 5.75 Å². The fourth-order valence-electron chi connectivity index (χ4n) is 8.42. The number of aromatic hydroxyl groups is 1. The summed E-state index contributed by atoms with van der Waals surface area (Å²) in [6, 6.07) is 4.53. The number of amides is 12. The number of phenols is 1. The zero-order chi connectivity index (χ0) is 66.2. The Morgan fingerprint density at radius 3 is 1.73 bits per heavy atom. The Labute approximate surface area is 524 Å². The second-order valence-electron chi connectivity index (χ2n) is 21.9. The van der Waals surface area contributed by atoms with Crippen molar-refractivity contribution in [2.75, 3.05) is 37.7 Å². The Hall–Kier alpha value is -8.29. The second-order valence-corrected chi connectivity index (χ2v) is 24.1. The number of rotatable bonds is 40. The molecule has 0 fully saturated rings. The number of nitrogens with two attached hydrogens (primary N) is 2. The Bertz CT molecular complexity index is 2860. The smallest absolute Gasteiger partial charge is 0.245 e. The lowest BCUT2D eigenvalue weighted by Crippen LogP contribution is -2.61. The van der Waals surface area contributed by atoms with E-state index >= 15 is 0 Å². The third-order valence-electron chi connectivity index (χ3n) is 13.2. The molecule has 1 heterocycles. The van der Waals surface area contributed by atoms with E-state index in [1.807, 2.05) is 31.2 Å². The van der Waals surface area contributed by atoms with Gasteiger partial charge in [0.2, 0.25) is 70.9 Å². The first-order valence-corrected chi connectivity index (χ1v) is 31.2. The number of hydrogen-bond donors (Lipinski definition) is 16. The number of hydrogen-bond acceptors (Lipinski definition) is 18. The van der Waals surface area contributed by atoms with Crippen LogP contribution in [0.25, 0.3) is 0 Å². The highest BCUT2D eigenvalue weighted by Gasteiger charge is 2.37. The third kappa shape index (κ3) is 28.6. The molecular weight excluding hydrogens is 1200 g/mol. The van der Waals surface area contributed by atoms with Gasteiger partial charge < -0.3 is 84.9 Å². The van der Waals surface area contributed by atoms with Crippen molar-refractivity contribution >= 4 is 94.4 Å². The lowest BCUT2D eigenvalue weighted by atomic mass is 9.85. The summed E-state index contributed by atoms with van der Waals surface area (Å²) in [5, 5.41) is 55.1. The van der Waals surface area contributed by atoms with Crippen LogP contribution >= 0.6 is 23.5 Å². The lowest BCUT2D eigenvalue weighted by Gasteiger charge is -2.32. The van der Waals surface area contributed by atoms with Gasteiger partial charge in [0, 0.05) is 67.2 Å². The number of aromatic amines is 1. The van der Waals surface area contributed by atoms with E-state index in [4.69, 9.17) is 11.5 Å². The van der Waals surface area contributed by atoms with Gasteiger partial charge in [-0.3, -0.25) is 57.5 Å². The first-order valence-electron chi connectivity index (χ1n) is 28.9. The number of nitrogens with zero attached hydrogens (tertiary/aromatic N) is 1. The minimum atomic E-state index is -1.76. The summed E-state index contributed by atoms with van der Waals surface area (Å²) in [6.07, 6.45) is 2.08. The van der Waals surface area contributed by atoms with Crippen LogP contribution in [0.2, 0.25) is 0 Å². The maximum Gasteiger partial charge on any atom is 0.245 e. The summed E-state index contributed by atoms with van der Waals surface area (Å²) < 4.78 is 0. The zero-order valence-corrected chi connectivity index (χ0v) is 52.5. The lowest BCUT2D eigenvalue weighted by molar-refractivity contribution is -0.136. The summed E-state index contributed by atoms with van der Waals surface area (Å²) in [7, 11) is 0. The van der Waals surface area contributed by atoms with Gasteiger partial charge >= 0.3 is 0 Å². The predicted octanol–water partition coefficient (Wildman–Crippen LogP) is -2.42. The van der Waals surface area contributed by atoms with E-state index in [0.717, 1.165) is 11.1 Å². The van der Waals surface area contributed by atoms with E-state index in [1.165, 1.54) is 67.2 Å². The summed E-state index contributed by atoms with van der Waals surface area (Å²) in [4.78, 5) is 163. The molecule has 1 aromatic heterocycles. The van der Waals surface area contributed by atoms with Crippen molar-refractivity contribution in [3.05, 3.63) is 83.4 Å². The van der Waals surface area contributed by atoms with Crippen LogP contribution in [0.4, 0.5) is 0 Å². The summed E-state index contributed by atoms with van der Waals surface area (Å²) in [5.41, 5.74) is 12.7. The van der Waals surface area contributed by atoms with Crippen molar-refractivity contribution in [2.24, 2.45) is 16.9 Å². The fraction of sp³-hybridized carbons (Fsp3) is 0.534. The Morgan fingerprint density at radius 2 is 1.15 bits per heavy atom. The van der Waals surface area contributed by atoms with Gasteiger partial charge in [0.05, 0.1) is 32.1 Å². The van der Waals surface area contributed by atoms with Gasteiger partial charge in [-0.05, 0) is 60.4 Å². The molecule has 0 bridgehead atoms. The molecule has 12 amide bonds. The molecule has 3 aromatic rings. The van der Waals surface area contributed by atoms with E-state index in [9.17, 15) is 72.9 Å². The molecule has 89 heavy (non-hydrogen) atoms. The monoisotopic (exact) mass is 1280 g/mol. The molecule has 3 rings (SSSR count). The number of aromatic nitrogens is 2. The van der Waals surface area contributed by atoms with Crippen LogP contribution in [-0.2, 0) is 81.9 Å². The molecule has 490 valence electrons. The molecule has 0 aliphatic carbocycles. The Kier molecular flexibility index (Phi) is 32.7. The largest absolute Gasteiger partial charge is 0.508 e. The normalized spacial score (nSPS) is 13.8. The standard InChI is InChI=1S/C58H86N14O15S2/c1-7-10-39(51(59)81)66-47(79)27-62-46(78)26-63-53(83)40(18-20-73)67-48(80)28-64-56(86)49(33(3)74)72-55(85)42(24-37-25-61-32-65-37)69-54(84)41(23-34-14-16-38(75)17-15-34)70-57(87)50(58(4,5)6)71-45(77)19-21-88-29-35-12-9-13-36(22-35)30-89-31-43(52(60)82)68-44(76)11-8-2/h9,12-17,22,25,32-33,39-43,49-50,73-75H,7-8,10-11,18-21,23-24,26-31H2,1-6H3,(H2,59,81)(H2,60,82)(H,61,65)(H,62,78)(H,63,83)(H,64,86)(H,66,79)(H,67,80)(H,68,76)(H,69,84)(H,70,87)(H,71,77)(H,72,85)/t33-,39+,40+,41+,42+,43+,49+,50?/m1/s1. The minimum absolute atomic E-state index is 0.0280. The number of phenolic OH excluding ortho intramolecular Hbond substituents is 1. The molecule has 0 spiro atoms. The first kappa shape index (κ1) is 75.0. The van der Waals surface area contributed by atoms with Gasteiger partial charge in [0.25, 0.3) is 0 Å². The van der Waals surface area contributed by atoms with E-state index in [-0.39, 0.29) is 43.8 Å². The Balaban J connectivity index is 1.68. The van der Waals surface area contributed by atoms with Gasteiger partial charge in [-0.15, -0.1) is 0 Å². The molecule has 8 atom stereocenters. The molecule has 0 aliphatic heterocycles. The van der Waals surface area contributed by atoms with Gasteiger partial charge in [-0.2, -0.15) is 23.5 Å². The summed E-state index contributed by atoms with van der Waals surface area (Å²) in [6.45, 7) is 7.35. The molecule has 0 saturated heterocycles. The zero-order valence-electron chi connectivity index (χ0n) is 50.9. The molecular formula is C58H86N14O15S2. The quantitative estimate of drug-likeness (QED) is 0.0264. The summed E-state index contributed by atoms with van der Waals surface area (Å²) in [5.74, 6) is -7.44. The van der Waals surface area contributed by atoms with E-state index in [2.05, 4.69) is 63.1 Å². The first-order chi connectivity index (χ1) is 42.1. The van der Waals surface area contributed by atoms with Crippen LogP contribution in [0, 0.1) is 5.41 Å². The molecule has 0 aliphatic rings. The number of thioether (sulfide) groups is 2. The highest BCUT2D eigenvalue weighted by atomic mass is 32.2. The van der Waals surface area contributed by atoms with Crippen molar-refractivity contribution in [3.63, 3.8) is 0 Å². The molecule has 31 heteroatoms. The molecule has 29 nitrogen and oxygen atoms in total. The highest BCUT2D eigenvalue weighted by Crippen LogP contribution is 2.22. The number of primary amides is 2. The van der Waals surface area contributed by atoms with Crippen LogP contribution in [0.1, 0.15) is 102 Å². The average Bonchev–Trinajstić information content (AvgIpc) is 4.15. The molecule has 1 unspecified atom stereocenters. The number of benzene rings is 2. The molecule has 2 aromatic carbocycles. The number of carbonyl (C=O) groups excluding carboxylic acids is 12. The van der Waals surface area contributed by atoms with Crippen LogP contribution in [0.15, 0.2) is 61.1 Å². The van der Waals surface area contributed by atoms with Gasteiger partial charge in [-0.25, -0.2) is 4.98 Å². The fourth-order valence-corrected chi connectivity index (χ4v) is 10.3. The maximum absolute atomic E-state index is 14.5. The van der Waals surface area contributed by atoms with E-state index in [0.29, 0.717) is 53.5 Å². The van der Waals surface area contributed by atoms with Crippen LogP contribution < -0.4 is 64.6 Å². The SMILES string of the molecule is CCCC(=O)N[C@@H](CSCc1cccc(CSCCC(=O)NC(C(=O)N[C@@H](Cc2ccc(O)cc2)C(=O)N[C@@H](Cc2cnc[nH]2)C(=O)N[C@H](C(=O)NCC(=O)N[C@@H](CCO)C(=O)NCC(=O)NCC(=O)N[C@@H](CCC)C(N)=O)[C@@H](C)O)C(C)(C)C)c1)C(N)=O. The number of aliphatic hydroxyl groups is 2. The van der Waals surface area contributed by atoms with Crippen LogP contribution in [0.3, 0.4) is 0 Å². The van der Waals surface area contributed by atoms with E-state index in [1.54, 1.807) is 27.7 Å². The molecule has 18 N–H and O–H groups in total. The number of aliphatic hydroxyl groups excluding tert-OH is 2. The highest BCUT2D eigenvalue weighted by molar-refractivity contribution is 7.98.